The van der Waals surface area contributed by atoms with Crippen molar-refractivity contribution in [2.24, 2.45) is 5.73 Å². The molecule has 3 aromatic rings. The van der Waals surface area contributed by atoms with E-state index in [4.69, 9.17) is 21.8 Å². The number of oxazole rings is 1. The largest absolute Gasteiger partial charge is 0.436 e. The van der Waals surface area contributed by atoms with E-state index in [-0.39, 0.29) is 5.56 Å². The van der Waals surface area contributed by atoms with Gasteiger partial charge in [0.05, 0.1) is 5.56 Å². The average molecular weight is 279 g/mol. The summed E-state index contributed by atoms with van der Waals surface area (Å²) in [5.74, 6) is -0.122. The first-order valence-corrected chi connectivity index (χ1v) is 6.39. The predicted octanol–water partition coefficient (Wildman–Crippen LogP) is 3.31. The Morgan fingerprint density at radius 3 is 2.94 bits per heavy atom. The molecular weight excluding hydrogens is 272 g/mol. The highest BCUT2D eigenvalue weighted by molar-refractivity contribution is 7.08. The van der Waals surface area contributed by atoms with Gasteiger partial charge >= 0.3 is 0 Å². The zero-order valence-electron chi connectivity index (χ0n) is 9.01. The standard InChI is InChI=1S/C12H7ClN2O2S/c13-7-3-8(11(14)16)10-9(4-7)17-12(15-10)6-1-2-18-5-6/h1-5H,(H2,14,16). The molecule has 0 bridgehead atoms. The maximum Gasteiger partial charge on any atom is 0.251 e. The molecule has 2 heterocycles. The van der Waals surface area contributed by atoms with Crippen molar-refractivity contribution in [1.29, 1.82) is 0 Å². The highest BCUT2D eigenvalue weighted by Gasteiger charge is 2.16. The summed E-state index contributed by atoms with van der Waals surface area (Å²) in [6.07, 6.45) is 0. The summed E-state index contributed by atoms with van der Waals surface area (Å²) in [7, 11) is 0. The van der Waals surface area contributed by atoms with E-state index in [2.05, 4.69) is 4.98 Å². The molecule has 90 valence electrons. The van der Waals surface area contributed by atoms with Gasteiger partial charge in [0.25, 0.3) is 5.91 Å². The van der Waals surface area contributed by atoms with Crippen molar-refractivity contribution in [1.82, 2.24) is 4.98 Å². The zero-order chi connectivity index (χ0) is 12.7. The Labute approximate surface area is 111 Å². The predicted molar refractivity (Wildman–Crippen MR) is 70.8 cm³/mol. The number of amides is 1. The molecule has 0 aliphatic carbocycles. The van der Waals surface area contributed by atoms with Gasteiger partial charge in [-0.05, 0) is 17.5 Å². The summed E-state index contributed by atoms with van der Waals surface area (Å²) >= 11 is 7.45. The Bertz CT molecular complexity index is 734. The number of halogens is 1. The van der Waals surface area contributed by atoms with E-state index < -0.39 is 5.91 Å². The summed E-state index contributed by atoms with van der Waals surface area (Å²) in [5, 5.41) is 4.23. The lowest BCUT2D eigenvalue weighted by Crippen LogP contribution is -2.11. The number of carbonyl (C=O) groups excluding carboxylic acids is 1. The molecule has 2 N–H and O–H groups in total. The van der Waals surface area contributed by atoms with Gasteiger partial charge in [-0.15, -0.1) is 0 Å². The van der Waals surface area contributed by atoms with Crippen LogP contribution in [0.15, 0.2) is 33.4 Å². The number of thiophene rings is 1. The van der Waals surface area contributed by atoms with Crippen molar-refractivity contribution < 1.29 is 9.21 Å². The number of nitrogens with zero attached hydrogens (tertiary/aromatic N) is 1. The molecule has 0 atom stereocenters. The first kappa shape index (κ1) is 11.3. The van der Waals surface area contributed by atoms with Gasteiger partial charge < -0.3 is 10.2 Å². The number of primary amides is 1. The molecule has 4 nitrogen and oxygen atoms in total. The van der Waals surface area contributed by atoms with Crippen LogP contribution in [0.2, 0.25) is 5.02 Å². The number of rotatable bonds is 2. The molecule has 0 aliphatic rings. The molecule has 0 fully saturated rings. The van der Waals surface area contributed by atoms with Gasteiger partial charge in [0.1, 0.15) is 5.52 Å². The second kappa shape index (κ2) is 4.12. The summed E-state index contributed by atoms with van der Waals surface area (Å²) in [5.41, 5.74) is 7.32. The number of aromatic nitrogens is 1. The normalized spacial score (nSPS) is 10.9. The van der Waals surface area contributed by atoms with Gasteiger partial charge in [0.2, 0.25) is 5.89 Å². The van der Waals surface area contributed by atoms with Gasteiger partial charge in [-0.3, -0.25) is 4.79 Å². The van der Waals surface area contributed by atoms with Crippen LogP contribution in [0.1, 0.15) is 10.4 Å². The zero-order valence-corrected chi connectivity index (χ0v) is 10.6. The summed E-state index contributed by atoms with van der Waals surface area (Å²) in [4.78, 5) is 15.6. The van der Waals surface area contributed by atoms with E-state index in [1.54, 1.807) is 17.4 Å². The van der Waals surface area contributed by atoms with Gasteiger partial charge in [-0.2, -0.15) is 11.3 Å². The summed E-state index contributed by atoms with van der Waals surface area (Å²) < 4.78 is 5.59. The van der Waals surface area contributed by atoms with E-state index in [9.17, 15) is 4.79 Å². The van der Waals surface area contributed by atoms with Crippen LogP contribution in [-0.2, 0) is 0 Å². The van der Waals surface area contributed by atoms with Crippen molar-refractivity contribution in [2.75, 3.05) is 0 Å². The Morgan fingerprint density at radius 2 is 2.28 bits per heavy atom. The number of hydrogen-bond acceptors (Lipinski definition) is 4. The third-order valence-electron chi connectivity index (χ3n) is 2.49. The van der Waals surface area contributed by atoms with Crippen LogP contribution in [0, 0.1) is 0 Å². The van der Waals surface area contributed by atoms with Crippen molar-refractivity contribution in [3.8, 4) is 11.5 Å². The minimum Gasteiger partial charge on any atom is -0.436 e. The molecular formula is C12H7ClN2O2S. The van der Waals surface area contributed by atoms with E-state index in [1.807, 2.05) is 16.8 Å². The summed E-state index contributed by atoms with van der Waals surface area (Å²) in [6, 6.07) is 5.00. The van der Waals surface area contributed by atoms with Crippen LogP contribution < -0.4 is 5.73 Å². The van der Waals surface area contributed by atoms with Crippen molar-refractivity contribution in [3.63, 3.8) is 0 Å². The van der Waals surface area contributed by atoms with Crippen LogP contribution in [-0.4, -0.2) is 10.9 Å². The maximum atomic E-state index is 11.3. The van der Waals surface area contributed by atoms with Crippen LogP contribution >= 0.6 is 22.9 Å². The van der Waals surface area contributed by atoms with Crippen molar-refractivity contribution >= 4 is 39.9 Å². The lowest BCUT2D eigenvalue weighted by Gasteiger charge is -1.96. The minimum atomic E-state index is -0.576. The highest BCUT2D eigenvalue weighted by Crippen LogP contribution is 2.29. The average Bonchev–Trinajstić information content (AvgIpc) is 2.95. The molecule has 1 amide bonds. The fourth-order valence-corrected chi connectivity index (χ4v) is 2.53. The second-order valence-electron chi connectivity index (χ2n) is 3.70. The number of fused-ring (bicyclic) bond motifs is 1. The third-order valence-corrected chi connectivity index (χ3v) is 3.39. The molecule has 0 spiro atoms. The van der Waals surface area contributed by atoms with E-state index in [0.29, 0.717) is 22.0 Å². The molecule has 18 heavy (non-hydrogen) atoms. The fraction of sp³-hybridized carbons (Fsp3) is 0. The smallest absolute Gasteiger partial charge is 0.251 e. The first-order valence-electron chi connectivity index (χ1n) is 5.07. The Kier molecular flexibility index (Phi) is 2.57. The number of nitrogens with two attached hydrogens (primary N) is 1. The quantitative estimate of drug-likeness (QED) is 0.782. The SMILES string of the molecule is NC(=O)c1cc(Cl)cc2oc(-c3ccsc3)nc12. The van der Waals surface area contributed by atoms with Crippen LogP contribution in [0.5, 0.6) is 0 Å². The molecule has 0 aliphatic heterocycles. The molecule has 1 aromatic carbocycles. The summed E-state index contributed by atoms with van der Waals surface area (Å²) in [6.45, 7) is 0. The Balaban J connectivity index is 2.29. The number of hydrogen-bond donors (Lipinski definition) is 1. The monoisotopic (exact) mass is 278 g/mol. The highest BCUT2D eigenvalue weighted by atomic mass is 35.5. The maximum absolute atomic E-state index is 11.3. The van der Waals surface area contributed by atoms with Gasteiger partial charge in [-0.25, -0.2) is 4.98 Å². The lowest BCUT2D eigenvalue weighted by molar-refractivity contribution is 0.100. The van der Waals surface area contributed by atoms with E-state index >= 15 is 0 Å². The third kappa shape index (κ3) is 1.77. The molecule has 3 rings (SSSR count). The van der Waals surface area contributed by atoms with Crippen molar-refractivity contribution in [3.05, 3.63) is 39.5 Å². The van der Waals surface area contributed by atoms with Gasteiger partial charge in [0.15, 0.2) is 5.58 Å². The van der Waals surface area contributed by atoms with Crippen LogP contribution in [0.25, 0.3) is 22.6 Å². The molecule has 0 saturated heterocycles. The first-order chi connectivity index (χ1) is 8.65. The topological polar surface area (TPSA) is 69.1 Å². The molecule has 2 aromatic heterocycles. The van der Waals surface area contributed by atoms with Crippen molar-refractivity contribution in [2.45, 2.75) is 0 Å². The molecule has 0 saturated carbocycles. The fourth-order valence-electron chi connectivity index (χ4n) is 1.69. The molecule has 6 heteroatoms. The van der Waals surface area contributed by atoms with Crippen LogP contribution in [0.3, 0.4) is 0 Å². The minimum absolute atomic E-state index is 0.266. The molecule has 0 radical (unpaired) electrons. The molecule has 0 unspecified atom stereocenters. The second-order valence-corrected chi connectivity index (χ2v) is 4.91. The number of benzene rings is 1. The van der Waals surface area contributed by atoms with Gasteiger partial charge in [-0.1, -0.05) is 11.6 Å². The Morgan fingerprint density at radius 1 is 1.44 bits per heavy atom. The number of carbonyl (C=O) groups is 1. The van der Waals surface area contributed by atoms with Gasteiger partial charge in [0, 0.05) is 22.0 Å². The van der Waals surface area contributed by atoms with E-state index in [1.165, 1.54) is 6.07 Å². The van der Waals surface area contributed by atoms with E-state index in [0.717, 1.165) is 5.56 Å². The lowest BCUT2D eigenvalue weighted by atomic mass is 10.2. The van der Waals surface area contributed by atoms with Crippen LogP contribution in [0.4, 0.5) is 0 Å². The Hall–Kier alpha value is -1.85.